The average Bonchev–Trinajstić information content (AvgIpc) is 2.71. The molecule has 0 N–H and O–H groups in total. The van der Waals surface area contributed by atoms with Gasteiger partial charge in [0.15, 0.2) is 0 Å². The van der Waals surface area contributed by atoms with E-state index < -0.39 is 0 Å². The molecular formula is C20H30Cl2NaU+. The van der Waals surface area contributed by atoms with Gasteiger partial charge < -0.3 is 24.8 Å². The Morgan fingerprint density at radius 1 is 0.458 bits per heavy atom. The Kier molecular flexibility index (Phi) is 18.5. The van der Waals surface area contributed by atoms with Crippen molar-refractivity contribution in [1.29, 1.82) is 0 Å². The van der Waals surface area contributed by atoms with Crippen molar-refractivity contribution >= 4 is 0 Å². The van der Waals surface area contributed by atoms with Crippen LogP contribution >= 0.6 is 0 Å². The predicted octanol–water partition coefficient (Wildman–Crippen LogP) is -3.09. The summed E-state index contributed by atoms with van der Waals surface area (Å²) in [6, 6.07) is 0. The fourth-order valence-electron chi connectivity index (χ4n) is 2.81. The Balaban J connectivity index is -0.000000143. The van der Waals surface area contributed by atoms with Gasteiger partial charge in [-0.1, -0.05) is 69.2 Å². The molecule has 2 aromatic rings. The summed E-state index contributed by atoms with van der Waals surface area (Å²) in [5, 5.41) is 0. The van der Waals surface area contributed by atoms with Gasteiger partial charge in [-0.3, -0.25) is 0 Å². The van der Waals surface area contributed by atoms with Crippen LogP contribution in [0.25, 0.3) is 0 Å². The zero-order chi connectivity index (χ0) is 15.8. The summed E-state index contributed by atoms with van der Waals surface area (Å²) < 4.78 is 0. The van der Waals surface area contributed by atoms with Crippen molar-refractivity contribution in [2.24, 2.45) is 0 Å². The van der Waals surface area contributed by atoms with E-state index in [1.165, 1.54) is 55.6 Å². The Morgan fingerprint density at radius 2 is 0.583 bits per heavy atom. The average molecular weight is 602 g/mol. The summed E-state index contributed by atoms with van der Waals surface area (Å²) in [7, 11) is 0. The minimum Gasteiger partial charge on any atom is -1.00 e. The van der Waals surface area contributed by atoms with E-state index in [0.717, 1.165) is 0 Å². The third-order valence-electron chi connectivity index (χ3n) is 5.62. The monoisotopic (exact) mass is 601 g/mol. The molecule has 0 aliphatic rings. The second-order valence-corrected chi connectivity index (χ2v) is 6.25. The molecular weight excluding hydrogens is 572 g/mol. The van der Waals surface area contributed by atoms with E-state index in [0.29, 0.717) is 0 Å². The van der Waals surface area contributed by atoms with Gasteiger partial charge in [-0.2, -0.15) is 55.6 Å². The third-order valence-corrected chi connectivity index (χ3v) is 5.62. The molecule has 0 spiro atoms. The van der Waals surface area contributed by atoms with Gasteiger partial charge in [0.1, 0.15) is 0 Å². The number of hydrogen-bond donors (Lipinski definition) is 0. The van der Waals surface area contributed by atoms with Crippen LogP contribution in [0.4, 0.5) is 0 Å². The van der Waals surface area contributed by atoms with E-state index in [9.17, 15) is 0 Å². The first-order valence-corrected chi connectivity index (χ1v) is 7.50. The van der Waals surface area contributed by atoms with E-state index in [2.05, 4.69) is 69.2 Å². The summed E-state index contributed by atoms with van der Waals surface area (Å²) in [6.07, 6.45) is 0. The predicted molar refractivity (Wildman–Crippen MR) is 91.4 cm³/mol. The molecule has 0 aromatic heterocycles. The second kappa shape index (κ2) is 13.5. The number of halogens is 2. The van der Waals surface area contributed by atoms with Gasteiger partial charge >= 0.3 is 60.7 Å². The van der Waals surface area contributed by atoms with E-state index in [1.807, 2.05) is 0 Å². The van der Waals surface area contributed by atoms with Gasteiger partial charge in [0.05, 0.1) is 0 Å². The molecule has 0 amide bonds. The van der Waals surface area contributed by atoms with Crippen molar-refractivity contribution in [2.45, 2.75) is 69.2 Å². The topological polar surface area (TPSA) is 0 Å². The van der Waals surface area contributed by atoms with Gasteiger partial charge in [0.2, 0.25) is 0 Å². The molecule has 0 aliphatic carbocycles. The number of hydrogen-bond acceptors (Lipinski definition) is 0. The Bertz CT molecular complexity index is 420. The molecule has 0 unspecified atom stereocenters. The molecule has 0 bridgehead atoms. The largest absolute Gasteiger partial charge is 4.00 e. The summed E-state index contributed by atoms with van der Waals surface area (Å²) >= 11 is 0. The normalized spacial score (nSPS) is 8.75. The quantitative estimate of drug-likeness (QED) is 0.222. The molecule has 0 heterocycles. The molecule has 0 saturated heterocycles. The van der Waals surface area contributed by atoms with E-state index in [1.54, 1.807) is 0 Å². The van der Waals surface area contributed by atoms with Crippen LogP contribution in [0.1, 0.15) is 55.6 Å². The van der Waals surface area contributed by atoms with Crippen molar-refractivity contribution in [1.82, 2.24) is 0 Å². The van der Waals surface area contributed by atoms with Crippen molar-refractivity contribution in [3.8, 4) is 0 Å². The summed E-state index contributed by atoms with van der Waals surface area (Å²) in [6.45, 7) is 22.0. The minimum atomic E-state index is 0. The first-order chi connectivity index (χ1) is 9.11. The maximum atomic E-state index is 2.20. The fourth-order valence-corrected chi connectivity index (χ4v) is 2.81. The Morgan fingerprint density at radius 3 is 0.625 bits per heavy atom. The van der Waals surface area contributed by atoms with Crippen LogP contribution in [0.2, 0.25) is 0 Å². The molecule has 0 nitrogen and oxygen atoms in total. The maximum absolute atomic E-state index is 2.20. The Hall–Kier alpha value is 1.33. The molecule has 4 heteroatoms. The van der Waals surface area contributed by atoms with E-state index in [4.69, 9.17) is 0 Å². The van der Waals surface area contributed by atoms with Gasteiger partial charge in [0, 0.05) is 0 Å². The zero-order valence-corrected chi connectivity index (χ0v) is 24.9. The fraction of sp³-hybridized carbons (Fsp3) is 0.500. The molecule has 2 aromatic carbocycles. The first kappa shape index (κ1) is 33.0. The minimum absolute atomic E-state index is 0. The standard InChI is InChI=1S/2C10H15.2ClH.Na.U/c2*1-6-7(2)9(4)10(5)8(6)3;;;;/h2*1-5H3;2*1H;;/q2*-1;;;+1;+4/p-2. The van der Waals surface area contributed by atoms with Crippen LogP contribution in [0.15, 0.2) is 0 Å². The maximum Gasteiger partial charge on any atom is 4.00 e. The SMILES string of the molecule is Cc1c(C)c(C)[c-](C)c1C.Cc1c(C)c(C)[c-](C)c1C.[Cl-].[Cl-].[Na+].[U+4]. The Labute approximate surface area is 208 Å². The van der Waals surface area contributed by atoms with Gasteiger partial charge in [-0.05, 0) is 0 Å². The van der Waals surface area contributed by atoms with Gasteiger partial charge in [-0.25, -0.2) is 0 Å². The van der Waals surface area contributed by atoms with Crippen molar-refractivity contribution in [3.05, 3.63) is 55.6 Å². The zero-order valence-electron chi connectivity index (χ0n) is 17.3. The van der Waals surface area contributed by atoms with Crippen LogP contribution in [-0.2, 0) is 0 Å². The van der Waals surface area contributed by atoms with Gasteiger partial charge in [-0.15, -0.1) is 0 Å². The third kappa shape index (κ3) is 6.81. The van der Waals surface area contributed by atoms with Crippen LogP contribution in [0.3, 0.4) is 0 Å². The molecule has 0 atom stereocenters. The van der Waals surface area contributed by atoms with Crippen LogP contribution in [0.5, 0.6) is 0 Å². The van der Waals surface area contributed by atoms with E-state index in [-0.39, 0.29) is 85.5 Å². The summed E-state index contributed by atoms with van der Waals surface area (Å²) in [4.78, 5) is 0. The van der Waals surface area contributed by atoms with Gasteiger partial charge in [0.25, 0.3) is 0 Å². The van der Waals surface area contributed by atoms with Crippen molar-refractivity contribution in [2.75, 3.05) is 0 Å². The molecule has 0 radical (unpaired) electrons. The second-order valence-electron chi connectivity index (χ2n) is 6.25. The van der Waals surface area contributed by atoms with Crippen molar-refractivity contribution in [3.63, 3.8) is 0 Å². The first-order valence-electron chi connectivity index (χ1n) is 7.50. The molecule has 128 valence electrons. The molecule has 24 heavy (non-hydrogen) atoms. The molecule has 0 fully saturated rings. The molecule has 0 saturated carbocycles. The van der Waals surface area contributed by atoms with Crippen molar-refractivity contribution < 1.29 is 85.5 Å². The smallest absolute Gasteiger partial charge is 1.00 e. The van der Waals surface area contributed by atoms with E-state index >= 15 is 0 Å². The molecule has 2 rings (SSSR count). The van der Waals surface area contributed by atoms with Crippen LogP contribution in [0, 0.1) is 100 Å². The summed E-state index contributed by atoms with van der Waals surface area (Å²) in [5.41, 5.74) is 14.7. The van der Waals surface area contributed by atoms with Crippen LogP contribution in [-0.4, -0.2) is 0 Å². The number of rotatable bonds is 0. The molecule has 0 aliphatic heterocycles. The summed E-state index contributed by atoms with van der Waals surface area (Å²) in [5.74, 6) is 0. The van der Waals surface area contributed by atoms with Crippen LogP contribution < -0.4 is 54.4 Å².